The molecule has 7 nitrogen and oxygen atoms in total. The molecule has 0 aliphatic carbocycles. The Morgan fingerprint density at radius 1 is 1.50 bits per heavy atom. The lowest BCUT2D eigenvalue weighted by Crippen LogP contribution is -2.04. The number of nitro groups is 1. The zero-order valence-corrected chi connectivity index (χ0v) is 8.16. The van der Waals surface area contributed by atoms with Gasteiger partial charge in [-0.15, -0.1) is 0 Å². The molecule has 1 N–H and O–H groups in total. The molecule has 0 radical (unpaired) electrons. The molecule has 0 bridgehead atoms. The maximum atomic E-state index is 10.7. The summed E-state index contributed by atoms with van der Waals surface area (Å²) in [5.41, 5.74) is 0.589. The monoisotopic (exact) mass is 220 g/mol. The number of nitrogens with one attached hydrogen (secondary N) is 1. The number of aromatic nitrogens is 2. The van der Waals surface area contributed by atoms with E-state index in [-0.39, 0.29) is 11.5 Å². The lowest BCUT2D eigenvalue weighted by atomic mass is 10.3. The topological polar surface area (TPSA) is 94.1 Å². The predicted octanol–water partition coefficient (Wildman–Crippen LogP) is 1.59. The SMILES string of the molecule is O=[N+]([O-])c1cccnc1NCc1ccon1. The van der Waals surface area contributed by atoms with Crippen molar-refractivity contribution >= 4 is 11.5 Å². The molecule has 0 unspecified atom stereocenters. The summed E-state index contributed by atoms with van der Waals surface area (Å²) in [4.78, 5) is 14.1. The minimum absolute atomic E-state index is 0.0639. The van der Waals surface area contributed by atoms with Crippen molar-refractivity contribution in [3.8, 4) is 0 Å². The van der Waals surface area contributed by atoms with Crippen molar-refractivity contribution in [2.45, 2.75) is 6.54 Å². The van der Waals surface area contributed by atoms with E-state index in [0.717, 1.165) is 0 Å². The van der Waals surface area contributed by atoms with Crippen LogP contribution in [0.25, 0.3) is 0 Å². The van der Waals surface area contributed by atoms with Crippen molar-refractivity contribution in [2.24, 2.45) is 0 Å². The molecule has 2 rings (SSSR count). The van der Waals surface area contributed by atoms with Gasteiger partial charge in [0.05, 0.1) is 11.5 Å². The Kier molecular flexibility index (Phi) is 2.77. The summed E-state index contributed by atoms with van der Waals surface area (Å²) in [5, 5.41) is 17.2. The summed E-state index contributed by atoms with van der Waals surface area (Å²) >= 11 is 0. The van der Waals surface area contributed by atoms with E-state index in [0.29, 0.717) is 12.2 Å². The number of pyridine rings is 1. The van der Waals surface area contributed by atoms with Crippen LogP contribution in [0.1, 0.15) is 5.69 Å². The zero-order chi connectivity index (χ0) is 11.4. The van der Waals surface area contributed by atoms with E-state index in [1.54, 1.807) is 6.07 Å². The highest BCUT2D eigenvalue weighted by Crippen LogP contribution is 2.20. The third-order valence-electron chi connectivity index (χ3n) is 1.91. The molecule has 0 spiro atoms. The number of hydrogen-bond donors (Lipinski definition) is 1. The Morgan fingerprint density at radius 3 is 3.06 bits per heavy atom. The molecule has 0 amide bonds. The number of nitrogens with zero attached hydrogens (tertiary/aromatic N) is 3. The fourth-order valence-electron chi connectivity index (χ4n) is 1.18. The van der Waals surface area contributed by atoms with Crippen LogP contribution in [0.3, 0.4) is 0 Å². The van der Waals surface area contributed by atoms with Gasteiger partial charge >= 0.3 is 5.69 Å². The molecule has 0 aromatic carbocycles. The van der Waals surface area contributed by atoms with Crippen molar-refractivity contribution in [2.75, 3.05) is 5.32 Å². The van der Waals surface area contributed by atoms with Gasteiger partial charge in [-0.3, -0.25) is 10.1 Å². The van der Waals surface area contributed by atoms with E-state index in [2.05, 4.69) is 20.0 Å². The molecule has 2 heterocycles. The Morgan fingerprint density at radius 2 is 2.38 bits per heavy atom. The minimum atomic E-state index is -0.488. The molecule has 0 saturated heterocycles. The second-order valence-corrected chi connectivity index (χ2v) is 2.97. The predicted molar refractivity (Wildman–Crippen MR) is 54.7 cm³/mol. The summed E-state index contributed by atoms with van der Waals surface area (Å²) < 4.78 is 4.64. The van der Waals surface area contributed by atoms with Crippen LogP contribution in [0.15, 0.2) is 35.2 Å². The van der Waals surface area contributed by atoms with Crippen LogP contribution in [-0.4, -0.2) is 15.1 Å². The second-order valence-electron chi connectivity index (χ2n) is 2.97. The first-order valence-electron chi connectivity index (χ1n) is 4.50. The van der Waals surface area contributed by atoms with Gasteiger partial charge in [0.25, 0.3) is 0 Å². The van der Waals surface area contributed by atoms with Crippen LogP contribution in [0, 0.1) is 10.1 Å². The lowest BCUT2D eigenvalue weighted by Gasteiger charge is -2.02. The third kappa shape index (κ3) is 2.14. The molecule has 0 aliphatic rings. The van der Waals surface area contributed by atoms with Crippen molar-refractivity contribution in [3.63, 3.8) is 0 Å². The van der Waals surface area contributed by atoms with Gasteiger partial charge in [-0.05, 0) is 6.07 Å². The zero-order valence-electron chi connectivity index (χ0n) is 8.16. The fraction of sp³-hybridized carbons (Fsp3) is 0.111. The molecule has 16 heavy (non-hydrogen) atoms. The third-order valence-corrected chi connectivity index (χ3v) is 1.91. The van der Waals surface area contributed by atoms with E-state index in [4.69, 9.17) is 0 Å². The smallest absolute Gasteiger partial charge is 0.311 e. The Labute approximate surface area is 90.2 Å². The average molecular weight is 220 g/mol. The summed E-state index contributed by atoms with van der Waals surface area (Å²) in [6.45, 7) is 0.328. The van der Waals surface area contributed by atoms with Crippen LogP contribution in [0.5, 0.6) is 0 Å². The Hall–Kier alpha value is -2.44. The number of anilines is 1. The van der Waals surface area contributed by atoms with Gasteiger partial charge < -0.3 is 9.84 Å². The number of hydrogen-bond acceptors (Lipinski definition) is 6. The molecule has 0 fully saturated rings. The quantitative estimate of drug-likeness (QED) is 0.621. The normalized spacial score (nSPS) is 10.0. The standard InChI is InChI=1S/C9H8N4O3/c14-13(15)8-2-1-4-10-9(8)11-6-7-3-5-16-12-7/h1-5H,6H2,(H,10,11). The highest BCUT2D eigenvalue weighted by molar-refractivity contribution is 5.55. The van der Waals surface area contributed by atoms with Crippen molar-refractivity contribution < 1.29 is 9.45 Å². The molecule has 2 aromatic rings. The summed E-state index contributed by atoms with van der Waals surface area (Å²) in [7, 11) is 0. The largest absolute Gasteiger partial charge is 0.364 e. The molecule has 7 heteroatoms. The van der Waals surface area contributed by atoms with Gasteiger partial charge in [0.15, 0.2) is 0 Å². The van der Waals surface area contributed by atoms with E-state index >= 15 is 0 Å². The van der Waals surface area contributed by atoms with Gasteiger partial charge in [-0.2, -0.15) is 0 Å². The first-order valence-corrected chi connectivity index (χ1v) is 4.50. The maximum absolute atomic E-state index is 10.7. The highest BCUT2D eigenvalue weighted by atomic mass is 16.6. The van der Waals surface area contributed by atoms with Gasteiger partial charge in [-0.1, -0.05) is 5.16 Å². The van der Waals surface area contributed by atoms with Crippen LogP contribution < -0.4 is 5.32 Å². The molecule has 0 aliphatic heterocycles. The summed E-state index contributed by atoms with van der Waals surface area (Å²) in [6, 6.07) is 4.57. The van der Waals surface area contributed by atoms with Gasteiger partial charge in [0.1, 0.15) is 12.0 Å². The van der Waals surface area contributed by atoms with Gasteiger partial charge in [0.2, 0.25) is 5.82 Å². The van der Waals surface area contributed by atoms with Crippen LogP contribution in [0.2, 0.25) is 0 Å². The fourth-order valence-corrected chi connectivity index (χ4v) is 1.18. The van der Waals surface area contributed by atoms with Crippen LogP contribution in [0.4, 0.5) is 11.5 Å². The minimum Gasteiger partial charge on any atom is -0.364 e. The Balaban J connectivity index is 2.12. The van der Waals surface area contributed by atoms with Crippen molar-refractivity contribution in [3.05, 3.63) is 46.5 Å². The Bertz CT molecular complexity index is 483. The van der Waals surface area contributed by atoms with E-state index in [9.17, 15) is 10.1 Å². The molecular formula is C9H8N4O3. The lowest BCUT2D eigenvalue weighted by molar-refractivity contribution is -0.384. The average Bonchev–Trinajstić information content (AvgIpc) is 2.79. The van der Waals surface area contributed by atoms with Gasteiger partial charge in [-0.25, -0.2) is 4.98 Å². The van der Waals surface area contributed by atoms with Crippen molar-refractivity contribution in [1.29, 1.82) is 0 Å². The number of rotatable bonds is 4. The van der Waals surface area contributed by atoms with Crippen LogP contribution >= 0.6 is 0 Å². The first kappa shape index (κ1) is 10.1. The van der Waals surface area contributed by atoms with Crippen LogP contribution in [-0.2, 0) is 6.54 Å². The maximum Gasteiger partial charge on any atom is 0.311 e. The second kappa shape index (κ2) is 4.39. The summed E-state index contributed by atoms with van der Waals surface area (Å²) in [6.07, 6.45) is 2.92. The van der Waals surface area contributed by atoms with E-state index < -0.39 is 4.92 Å². The van der Waals surface area contributed by atoms with E-state index in [1.807, 2.05) is 0 Å². The molecule has 0 atom stereocenters. The molecule has 82 valence electrons. The highest BCUT2D eigenvalue weighted by Gasteiger charge is 2.13. The van der Waals surface area contributed by atoms with E-state index in [1.165, 1.54) is 24.6 Å². The summed E-state index contributed by atoms with van der Waals surface area (Å²) in [5.74, 6) is 0.218. The molecular weight excluding hydrogens is 212 g/mol. The van der Waals surface area contributed by atoms with Gasteiger partial charge in [0, 0.05) is 18.3 Å². The van der Waals surface area contributed by atoms with Crippen molar-refractivity contribution in [1.82, 2.24) is 10.1 Å². The molecule has 2 aromatic heterocycles. The first-order chi connectivity index (χ1) is 7.77. The molecule has 0 saturated carbocycles.